The van der Waals surface area contributed by atoms with Gasteiger partial charge in [-0.05, 0) is 42.5 Å². The van der Waals surface area contributed by atoms with Gasteiger partial charge in [-0.2, -0.15) is 0 Å². The monoisotopic (exact) mass is 298 g/mol. The van der Waals surface area contributed by atoms with Crippen LogP contribution < -0.4 is 15.4 Å². The molecule has 0 bridgehead atoms. The van der Waals surface area contributed by atoms with Gasteiger partial charge >= 0.3 is 6.03 Å². The molecule has 0 spiro atoms. The number of ether oxygens (including phenoxy) is 1. The molecule has 0 atom stereocenters. The number of rotatable bonds is 6. The highest BCUT2D eigenvalue weighted by Crippen LogP contribution is 2.29. The molecule has 0 aliphatic heterocycles. The molecule has 0 unspecified atom stereocenters. The number of amides is 2. The highest BCUT2D eigenvalue weighted by Gasteiger charge is 2.22. The van der Waals surface area contributed by atoms with E-state index in [1.54, 1.807) is 30.7 Å². The number of nitrogens with zero attached hydrogens (tertiary/aromatic N) is 2. The van der Waals surface area contributed by atoms with Crippen LogP contribution in [-0.4, -0.2) is 22.6 Å². The van der Waals surface area contributed by atoms with Crippen LogP contribution >= 0.6 is 0 Å². The van der Waals surface area contributed by atoms with E-state index in [1.807, 2.05) is 12.1 Å². The maximum atomic E-state index is 11.8. The zero-order chi connectivity index (χ0) is 15.2. The Hall–Kier alpha value is -2.63. The molecule has 0 aromatic carbocycles. The van der Waals surface area contributed by atoms with Gasteiger partial charge in [0.15, 0.2) is 0 Å². The van der Waals surface area contributed by atoms with Crippen molar-refractivity contribution < 1.29 is 9.53 Å². The molecule has 114 valence electrons. The molecular weight excluding hydrogens is 280 g/mol. The van der Waals surface area contributed by atoms with Crippen molar-refractivity contribution in [3.05, 3.63) is 48.4 Å². The maximum Gasteiger partial charge on any atom is 0.319 e. The molecule has 22 heavy (non-hydrogen) atoms. The fraction of sp³-hybridized carbons (Fsp3) is 0.312. The fourth-order valence-corrected chi connectivity index (χ4v) is 1.92. The first-order valence-electron chi connectivity index (χ1n) is 7.32. The highest BCUT2D eigenvalue weighted by atomic mass is 16.5. The van der Waals surface area contributed by atoms with Crippen molar-refractivity contribution >= 4 is 11.7 Å². The molecule has 1 saturated carbocycles. The third kappa shape index (κ3) is 4.44. The lowest BCUT2D eigenvalue weighted by Gasteiger charge is -2.09. The Morgan fingerprint density at radius 3 is 3.00 bits per heavy atom. The summed E-state index contributed by atoms with van der Waals surface area (Å²) in [4.78, 5) is 19.9. The predicted molar refractivity (Wildman–Crippen MR) is 82.6 cm³/mol. The molecule has 2 N–H and O–H groups in total. The minimum Gasteiger partial charge on any atom is -0.477 e. The largest absolute Gasteiger partial charge is 0.477 e. The van der Waals surface area contributed by atoms with E-state index in [0.717, 1.165) is 12.2 Å². The lowest BCUT2D eigenvalue weighted by Crippen LogP contribution is -2.28. The van der Waals surface area contributed by atoms with Crippen LogP contribution in [0.3, 0.4) is 0 Å². The van der Waals surface area contributed by atoms with Crippen LogP contribution in [0.5, 0.6) is 5.88 Å². The summed E-state index contributed by atoms with van der Waals surface area (Å²) in [5, 5.41) is 5.51. The lowest BCUT2D eigenvalue weighted by atomic mass is 10.2. The first-order chi connectivity index (χ1) is 10.8. The summed E-state index contributed by atoms with van der Waals surface area (Å²) in [7, 11) is 0. The maximum absolute atomic E-state index is 11.8. The number of hydrogen-bond donors (Lipinski definition) is 2. The molecule has 2 aromatic rings. The van der Waals surface area contributed by atoms with Crippen LogP contribution in [0.15, 0.2) is 42.9 Å². The molecule has 1 fully saturated rings. The molecule has 2 amide bonds. The molecule has 6 heteroatoms. The summed E-state index contributed by atoms with van der Waals surface area (Å²) in [6.07, 6.45) is 7.43. The molecule has 1 aliphatic rings. The quantitative estimate of drug-likeness (QED) is 0.859. The first kappa shape index (κ1) is 14.3. The molecule has 2 aromatic heterocycles. The summed E-state index contributed by atoms with van der Waals surface area (Å²) in [6, 6.07) is 6.98. The van der Waals surface area contributed by atoms with Gasteiger partial charge < -0.3 is 15.4 Å². The number of hydrogen-bond acceptors (Lipinski definition) is 4. The zero-order valence-electron chi connectivity index (χ0n) is 12.2. The van der Waals surface area contributed by atoms with Crippen molar-refractivity contribution in [2.24, 2.45) is 5.92 Å². The van der Waals surface area contributed by atoms with Crippen molar-refractivity contribution in [1.82, 2.24) is 15.3 Å². The second-order valence-corrected chi connectivity index (χ2v) is 5.31. The number of nitrogens with one attached hydrogen (secondary N) is 2. The molecule has 0 radical (unpaired) electrons. The average molecular weight is 298 g/mol. The van der Waals surface area contributed by atoms with E-state index in [4.69, 9.17) is 4.74 Å². The van der Waals surface area contributed by atoms with Gasteiger partial charge in [-0.1, -0.05) is 0 Å². The Morgan fingerprint density at radius 1 is 1.32 bits per heavy atom. The van der Waals surface area contributed by atoms with E-state index in [1.165, 1.54) is 12.8 Å². The third-order valence-corrected chi connectivity index (χ3v) is 3.34. The van der Waals surface area contributed by atoms with E-state index in [-0.39, 0.29) is 6.03 Å². The Bertz CT molecular complexity index is 629. The summed E-state index contributed by atoms with van der Waals surface area (Å²) in [5.41, 5.74) is 1.60. The Balaban J connectivity index is 1.47. The smallest absolute Gasteiger partial charge is 0.319 e. The standard InChI is InChI=1S/C16H18N4O2/c21-16(20-14-2-1-6-17-10-14)19-9-13-5-7-18-15(8-13)22-11-12-3-4-12/h1-2,5-8,10,12H,3-4,9,11H2,(H2,19,20,21). The van der Waals surface area contributed by atoms with Crippen molar-refractivity contribution in [2.45, 2.75) is 19.4 Å². The van der Waals surface area contributed by atoms with Gasteiger partial charge in [0.2, 0.25) is 5.88 Å². The van der Waals surface area contributed by atoms with Gasteiger partial charge in [0.1, 0.15) is 0 Å². The summed E-state index contributed by atoms with van der Waals surface area (Å²) in [5.74, 6) is 1.30. The molecule has 1 aliphatic carbocycles. The number of pyridine rings is 2. The van der Waals surface area contributed by atoms with Crippen LogP contribution in [0.1, 0.15) is 18.4 Å². The van der Waals surface area contributed by atoms with Gasteiger partial charge in [0.25, 0.3) is 0 Å². The van der Waals surface area contributed by atoms with Crippen LogP contribution in [0.4, 0.5) is 10.5 Å². The molecule has 2 heterocycles. The van der Waals surface area contributed by atoms with Gasteiger partial charge in [0.05, 0.1) is 18.5 Å². The number of aromatic nitrogens is 2. The second-order valence-electron chi connectivity index (χ2n) is 5.31. The van der Waals surface area contributed by atoms with Crippen LogP contribution in [0, 0.1) is 5.92 Å². The summed E-state index contributed by atoms with van der Waals surface area (Å²) in [6.45, 7) is 1.14. The zero-order valence-corrected chi connectivity index (χ0v) is 12.2. The van der Waals surface area contributed by atoms with Crippen molar-refractivity contribution in [2.75, 3.05) is 11.9 Å². The van der Waals surface area contributed by atoms with E-state index in [0.29, 0.717) is 24.0 Å². The molecule has 0 saturated heterocycles. The van der Waals surface area contributed by atoms with Crippen molar-refractivity contribution in [1.29, 1.82) is 0 Å². The van der Waals surface area contributed by atoms with E-state index >= 15 is 0 Å². The average Bonchev–Trinajstić information content (AvgIpc) is 3.37. The van der Waals surface area contributed by atoms with Gasteiger partial charge in [0, 0.05) is 25.0 Å². The normalized spacial score (nSPS) is 13.5. The fourth-order valence-electron chi connectivity index (χ4n) is 1.92. The first-order valence-corrected chi connectivity index (χ1v) is 7.32. The van der Waals surface area contributed by atoms with E-state index in [9.17, 15) is 4.79 Å². The van der Waals surface area contributed by atoms with Crippen molar-refractivity contribution in [3.8, 4) is 5.88 Å². The molecule has 3 rings (SSSR count). The van der Waals surface area contributed by atoms with Crippen molar-refractivity contribution in [3.63, 3.8) is 0 Å². The number of carbonyl (C=O) groups is 1. The van der Waals surface area contributed by atoms with Gasteiger partial charge in [-0.15, -0.1) is 0 Å². The Labute approximate surface area is 128 Å². The van der Waals surface area contributed by atoms with Crippen LogP contribution in [0.25, 0.3) is 0 Å². The number of anilines is 1. The van der Waals surface area contributed by atoms with Crippen LogP contribution in [-0.2, 0) is 6.54 Å². The van der Waals surface area contributed by atoms with Gasteiger partial charge in [-0.25, -0.2) is 9.78 Å². The molecule has 6 nitrogen and oxygen atoms in total. The summed E-state index contributed by atoms with van der Waals surface area (Å²) >= 11 is 0. The number of carbonyl (C=O) groups excluding carboxylic acids is 1. The van der Waals surface area contributed by atoms with E-state index in [2.05, 4.69) is 20.6 Å². The Morgan fingerprint density at radius 2 is 2.23 bits per heavy atom. The van der Waals surface area contributed by atoms with Gasteiger partial charge in [-0.3, -0.25) is 4.98 Å². The molecular formula is C16H18N4O2. The second kappa shape index (κ2) is 6.89. The minimum absolute atomic E-state index is 0.273. The lowest BCUT2D eigenvalue weighted by molar-refractivity contribution is 0.251. The predicted octanol–water partition coefficient (Wildman–Crippen LogP) is 2.59. The topological polar surface area (TPSA) is 76.1 Å². The number of urea groups is 1. The third-order valence-electron chi connectivity index (χ3n) is 3.34. The van der Waals surface area contributed by atoms with E-state index < -0.39 is 0 Å². The minimum atomic E-state index is -0.273. The van der Waals surface area contributed by atoms with Crippen LogP contribution in [0.2, 0.25) is 0 Å². The Kier molecular flexibility index (Phi) is 4.48. The SMILES string of the molecule is O=C(NCc1ccnc(OCC2CC2)c1)Nc1cccnc1. The summed E-state index contributed by atoms with van der Waals surface area (Å²) < 4.78 is 5.63. The highest BCUT2D eigenvalue weighted by molar-refractivity contribution is 5.88.